The Hall–Kier alpha value is -1.98. The molecule has 2 aromatic carbocycles. The largest absolute Gasteiger partial charge is 0.398 e. The lowest BCUT2D eigenvalue weighted by Crippen LogP contribution is -1.94. The molecule has 0 unspecified atom stereocenters. The smallest absolute Gasteiger partial charge is 0.101 e. The maximum atomic E-state index is 8.90. The van der Waals surface area contributed by atoms with Crippen LogP contribution in [0.3, 0.4) is 0 Å². The Morgan fingerprint density at radius 3 is 2.59 bits per heavy atom. The molecule has 0 aliphatic carbocycles. The molecule has 0 saturated heterocycles. The van der Waals surface area contributed by atoms with Crippen molar-refractivity contribution in [2.75, 3.05) is 5.73 Å². The summed E-state index contributed by atoms with van der Waals surface area (Å²) in [6.45, 7) is 0. The number of nitrogens with two attached hydrogens (primary N) is 1. The third-order valence-electron chi connectivity index (χ3n) is 2.54. The van der Waals surface area contributed by atoms with Gasteiger partial charge in [0.1, 0.15) is 6.07 Å². The zero-order chi connectivity index (χ0) is 12.3. The number of rotatable bonds is 2. The molecule has 0 bridgehead atoms. The van der Waals surface area contributed by atoms with Gasteiger partial charge in [-0.05, 0) is 41.8 Å². The van der Waals surface area contributed by atoms with Gasteiger partial charge in [0.05, 0.1) is 5.56 Å². The molecule has 0 spiro atoms. The minimum absolute atomic E-state index is 0.516. The highest BCUT2D eigenvalue weighted by Crippen LogP contribution is 2.18. The normalized spacial score (nSPS) is 9.88. The molecule has 3 heteroatoms. The predicted molar refractivity (Wildman–Crippen MR) is 69.8 cm³/mol. The van der Waals surface area contributed by atoms with Gasteiger partial charge in [0, 0.05) is 10.7 Å². The van der Waals surface area contributed by atoms with Gasteiger partial charge in [-0.1, -0.05) is 29.8 Å². The third-order valence-corrected chi connectivity index (χ3v) is 2.77. The fraction of sp³-hybridized carbons (Fsp3) is 0.0714. The Balaban J connectivity index is 2.28. The number of benzene rings is 2. The Morgan fingerprint density at radius 2 is 1.88 bits per heavy atom. The van der Waals surface area contributed by atoms with Crippen molar-refractivity contribution in [2.45, 2.75) is 6.42 Å². The van der Waals surface area contributed by atoms with Crippen LogP contribution in [-0.2, 0) is 6.42 Å². The molecular formula is C14H11ClN2. The number of hydrogen-bond donors (Lipinski definition) is 1. The Labute approximate surface area is 105 Å². The number of nitrogen functional groups attached to an aromatic ring is 1. The van der Waals surface area contributed by atoms with Gasteiger partial charge in [0.2, 0.25) is 0 Å². The summed E-state index contributed by atoms with van der Waals surface area (Å²) in [5.41, 5.74) is 8.88. The van der Waals surface area contributed by atoms with Crippen LogP contribution in [0.5, 0.6) is 0 Å². The summed E-state index contributed by atoms with van der Waals surface area (Å²) in [4.78, 5) is 0. The minimum atomic E-state index is 0.516. The third kappa shape index (κ3) is 2.77. The van der Waals surface area contributed by atoms with Crippen LogP contribution in [0.25, 0.3) is 0 Å². The fourth-order valence-corrected chi connectivity index (χ4v) is 1.91. The SMILES string of the molecule is N#Cc1cc(Cc2cccc(Cl)c2)ccc1N. The van der Waals surface area contributed by atoms with Crippen molar-refractivity contribution < 1.29 is 0 Å². The Kier molecular flexibility index (Phi) is 3.32. The Bertz CT molecular complexity index is 585. The number of halogens is 1. The molecule has 2 nitrogen and oxygen atoms in total. The van der Waals surface area contributed by atoms with E-state index in [0.29, 0.717) is 11.3 Å². The van der Waals surface area contributed by atoms with Gasteiger partial charge >= 0.3 is 0 Å². The summed E-state index contributed by atoms with van der Waals surface area (Å²) in [5, 5.41) is 9.62. The van der Waals surface area contributed by atoms with Crippen LogP contribution in [0.4, 0.5) is 5.69 Å². The van der Waals surface area contributed by atoms with Gasteiger partial charge < -0.3 is 5.73 Å². The molecule has 0 aromatic heterocycles. The van der Waals surface area contributed by atoms with E-state index < -0.39 is 0 Å². The molecule has 2 rings (SSSR count). The highest BCUT2D eigenvalue weighted by Gasteiger charge is 2.02. The van der Waals surface area contributed by atoms with Crippen molar-refractivity contribution >= 4 is 17.3 Å². The Morgan fingerprint density at radius 1 is 1.12 bits per heavy atom. The van der Waals surface area contributed by atoms with Gasteiger partial charge in [-0.2, -0.15) is 5.26 Å². The number of nitriles is 1. The molecule has 0 aliphatic heterocycles. The van der Waals surface area contributed by atoms with E-state index in [1.807, 2.05) is 36.4 Å². The molecule has 0 saturated carbocycles. The van der Waals surface area contributed by atoms with Gasteiger partial charge in [0.15, 0.2) is 0 Å². The first-order valence-corrected chi connectivity index (χ1v) is 5.60. The van der Waals surface area contributed by atoms with Crippen LogP contribution in [0.2, 0.25) is 5.02 Å². The van der Waals surface area contributed by atoms with Crippen molar-refractivity contribution in [3.8, 4) is 6.07 Å². The molecule has 84 valence electrons. The molecule has 2 aromatic rings. The maximum Gasteiger partial charge on any atom is 0.101 e. The molecule has 0 fully saturated rings. The lowest BCUT2D eigenvalue weighted by Gasteiger charge is -2.04. The summed E-state index contributed by atoms with van der Waals surface area (Å²) in [6, 6.07) is 15.3. The second-order valence-corrected chi connectivity index (χ2v) is 4.28. The van der Waals surface area contributed by atoms with E-state index in [9.17, 15) is 0 Å². The van der Waals surface area contributed by atoms with Crippen LogP contribution in [0.15, 0.2) is 42.5 Å². The van der Waals surface area contributed by atoms with Crippen molar-refractivity contribution in [1.29, 1.82) is 5.26 Å². The van der Waals surface area contributed by atoms with E-state index in [4.69, 9.17) is 22.6 Å². The standard InChI is InChI=1S/C14H11ClN2/c15-13-3-1-2-10(8-13)6-11-4-5-14(17)12(7-11)9-16/h1-5,7-8H,6,17H2. The molecule has 17 heavy (non-hydrogen) atoms. The number of anilines is 1. The van der Waals surface area contributed by atoms with Crippen LogP contribution >= 0.6 is 11.6 Å². The van der Waals surface area contributed by atoms with Crippen LogP contribution < -0.4 is 5.73 Å². The first-order chi connectivity index (χ1) is 8.19. The van der Waals surface area contributed by atoms with Gasteiger partial charge in [-0.15, -0.1) is 0 Å². The van der Waals surface area contributed by atoms with E-state index in [2.05, 4.69) is 6.07 Å². The van der Waals surface area contributed by atoms with Crippen LogP contribution in [-0.4, -0.2) is 0 Å². The van der Waals surface area contributed by atoms with Crippen molar-refractivity contribution in [3.05, 3.63) is 64.2 Å². The summed E-state index contributed by atoms with van der Waals surface area (Å²) in [6.07, 6.45) is 0.746. The lowest BCUT2D eigenvalue weighted by atomic mass is 10.0. The minimum Gasteiger partial charge on any atom is -0.398 e. The second-order valence-electron chi connectivity index (χ2n) is 3.84. The topological polar surface area (TPSA) is 49.8 Å². The molecule has 0 heterocycles. The fourth-order valence-electron chi connectivity index (χ4n) is 1.69. The van der Waals surface area contributed by atoms with E-state index in [1.165, 1.54) is 0 Å². The summed E-state index contributed by atoms with van der Waals surface area (Å²) in [7, 11) is 0. The van der Waals surface area contributed by atoms with E-state index >= 15 is 0 Å². The van der Waals surface area contributed by atoms with Crippen molar-refractivity contribution in [2.24, 2.45) is 0 Å². The van der Waals surface area contributed by atoms with Crippen molar-refractivity contribution in [3.63, 3.8) is 0 Å². The summed E-state index contributed by atoms with van der Waals surface area (Å²) < 4.78 is 0. The molecule has 0 amide bonds. The number of nitrogens with zero attached hydrogens (tertiary/aromatic N) is 1. The van der Waals surface area contributed by atoms with Crippen molar-refractivity contribution in [1.82, 2.24) is 0 Å². The van der Waals surface area contributed by atoms with Gasteiger partial charge in [-0.3, -0.25) is 0 Å². The highest BCUT2D eigenvalue weighted by atomic mass is 35.5. The zero-order valence-electron chi connectivity index (χ0n) is 9.15. The molecule has 0 atom stereocenters. The zero-order valence-corrected chi connectivity index (χ0v) is 9.91. The summed E-state index contributed by atoms with van der Waals surface area (Å²) >= 11 is 5.92. The lowest BCUT2D eigenvalue weighted by molar-refractivity contribution is 1.19. The highest BCUT2D eigenvalue weighted by molar-refractivity contribution is 6.30. The first kappa shape index (κ1) is 11.5. The predicted octanol–water partition coefficient (Wildman–Crippen LogP) is 3.38. The van der Waals surface area contributed by atoms with Gasteiger partial charge in [-0.25, -0.2) is 0 Å². The van der Waals surface area contributed by atoms with Gasteiger partial charge in [0.25, 0.3) is 0 Å². The van der Waals surface area contributed by atoms with Crippen LogP contribution in [0.1, 0.15) is 16.7 Å². The average molecular weight is 243 g/mol. The maximum absolute atomic E-state index is 8.90. The molecular weight excluding hydrogens is 232 g/mol. The van der Waals surface area contributed by atoms with E-state index in [-0.39, 0.29) is 0 Å². The molecule has 0 radical (unpaired) electrons. The van der Waals surface area contributed by atoms with Crippen LogP contribution in [0, 0.1) is 11.3 Å². The summed E-state index contributed by atoms with van der Waals surface area (Å²) in [5.74, 6) is 0. The number of hydrogen-bond acceptors (Lipinski definition) is 2. The monoisotopic (exact) mass is 242 g/mol. The van der Waals surface area contributed by atoms with E-state index in [0.717, 1.165) is 22.6 Å². The first-order valence-electron chi connectivity index (χ1n) is 5.22. The second kappa shape index (κ2) is 4.90. The quantitative estimate of drug-likeness (QED) is 0.821. The molecule has 2 N–H and O–H groups in total. The van der Waals surface area contributed by atoms with E-state index in [1.54, 1.807) is 6.07 Å². The molecule has 0 aliphatic rings. The average Bonchev–Trinajstić information content (AvgIpc) is 2.32.